The Kier molecular flexibility index (Phi) is 6.63. The standard InChI is InChI=1S/C22H28O3/c1-6-18-14-21(23)25-22-17(5)20(11-10-19(18)22)24-13-12-16(4)9-7-8-15(2)3/h8,10-12,14H,6-7,9,13H2,1-5H3/b16-12-. The van der Waals surface area contributed by atoms with Crippen molar-refractivity contribution in [3.63, 3.8) is 0 Å². The Bertz CT molecular complexity index is 849. The first-order valence-corrected chi connectivity index (χ1v) is 8.90. The molecule has 134 valence electrons. The molecule has 0 aliphatic heterocycles. The molecule has 2 rings (SSSR count). The van der Waals surface area contributed by atoms with Crippen LogP contribution in [0.25, 0.3) is 11.0 Å². The maximum atomic E-state index is 11.8. The highest BCUT2D eigenvalue weighted by atomic mass is 16.5. The summed E-state index contributed by atoms with van der Waals surface area (Å²) in [5.41, 5.74) is 4.88. The second-order valence-corrected chi connectivity index (χ2v) is 6.69. The summed E-state index contributed by atoms with van der Waals surface area (Å²) in [6.07, 6.45) is 7.26. The summed E-state index contributed by atoms with van der Waals surface area (Å²) in [4.78, 5) is 11.8. The molecule has 0 fully saturated rings. The monoisotopic (exact) mass is 340 g/mol. The van der Waals surface area contributed by atoms with Gasteiger partial charge in [-0.2, -0.15) is 0 Å². The van der Waals surface area contributed by atoms with Gasteiger partial charge in [-0.25, -0.2) is 4.79 Å². The molecular formula is C22H28O3. The van der Waals surface area contributed by atoms with Crippen molar-refractivity contribution < 1.29 is 9.15 Å². The van der Waals surface area contributed by atoms with E-state index >= 15 is 0 Å². The summed E-state index contributed by atoms with van der Waals surface area (Å²) >= 11 is 0. The fourth-order valence-corrected chi connectivity index (χ4v) is 2.82. The third-order valence-corrected chi connectivity index (χ3v) is 4.34. The van der Waals surface area contributed by atoms with Gasteiger partial charge in [0.25, 0.3) is 0 Å². The van der Waals surface area contributed by atoms with E-state index in [1.807, 2.05) is 26.0 Å². The molecule has 1 aromatic carbocycles. The second-order valence-electron chi connectivity index (χ2n) is 6.69. The lowest BCUT2D eigenvalue weighted by molar-refractivity contribution is 0.358. The van der Waals surface area contributed by atoms with Crippen molar-refractivity contribution >= 4 is 11.0 Å². The van der Waals surface area contributed by atoms with Gasteiger partial charge in [0.1, 0.15) is 17.9 Å². The van der Waals surface area contributed by atoms with E-state index in [2.05, 4.69) is 32.9 Å². The largest absolute Gasteiger partial charge is 0.489 e. The van der Waals surface area contributed by atoms with Crippen molar-refractivity contribution in [2.45, 2.75) is 53.9 Å². The molecule has 0 aliphatic carbocycles. The van der Waals surface area contributed by atoms with E-state index in [0.29, 0.717) is 12.2 Å². The summed E-state index contributed by atoms with van der Waals surface area (Å²) in [7, 11) is 0. The van der Waals surface area contributed by atoms with Crippen LogP contribution in [0.2, 0.25) is 0 Å². The van der Waals surface area contributed by atoms with E-state index in [1.54, 1.807) is 6.07 Å². The van der Waals surface area contributed by atoms with Gasteiger partial charge in [-0.05, 0) is 70.7 Å². The van der Waals surface area contributed by atoms with Gasteiger partial charge in [0.05, 0.1) is 0 Å². The molecule has 0 atom stereocenters. The fraction of sp³-hybridized carbons (Fsp3) is 0.409. The Hall–Kier alpha value is -2.29. The first-order chi connectivity index (χ1) is 11.9. The number of hydrogen-bond acceptors (Lipinski definition) is 3. The van der Waals surface area contributed by atoms with E-state index in [9.17, 15) is 4.79 Å². The molecule has 0 radical (unpaired) electrons. The van der Waals surface area contributed by atoms with Gasteiger partial charge in [0, 0.05) is 17.0 Å². The van der Waals surface area contributed by atoms with Crippen molar-refractivity contribution in [3.05, 3.63) is 63.0 Å². The van der Waals surface area contributed by atoms with Crippen molar-refractivity contribution in [2.24, 2.45) is 0 Å². The molecule has 0 spiro atoms. The number of hydrogen-bond donors (Lipinski definition) is 0. The van der Waals surface area contributed by atoms with E-state index in [4.69, 9.17) is 9.15 Å². The van der Waals surface area contributed by atoms with Crippen LogP contribution in [-0.2, 0) is 6.42 Å². The SMILES string of the molecule is CCc1cc(=O)oc2c(C)c(OC/C=C(/C)CCC=C(C)C)ccc12. The Morgan fingerprint density at radius 1 is 1.20 bits per heavy atom. The van der Waals surface area contributed by atoms with Gasteiger partial charge in [0.2, 0.25) is 0 Å². The zero-order valence-electron chi connectivity index (χ0n) is 15.9. The second kappa shape index (κ2) is 8.70. The highest BCUT2D eigenvalue weighted by Crippen LogP contribution is 2.28. The van der Waals surface area contributed by atoms with Crippen LogP contribution in [0.1, 0.15) is 51.7 Å². The van der Waals surface area contributed by atoms with Crippen LogP contribution < -0.4 is 10.4 Å². The van der Waals surface area contributed by atoms with Crippen molar-refractivity contribution in [3.8, 4) is 5.75 Å². The molecule has 2 aromatic rings. The zero-order chi connectivity index (χ0) is 18.4. The average molecular weight is 340 g/mol. The van der Waals surface area contributed by atoms with Crippen LogP contribution in [0, 0.1) is 6.92 Å². The van der Waals surface area contributed by atoms with E-state index in [1.165, 1.54) is 11.1 Å². The normalized spacial score (nSPS) is 11.6. The van der Waals surface area contributed by atoms with E-state index in [-0.39, 0.29) is 5.63 Å². The number of allylic oxidation sites excluding steroid dienone is 3. The summed E-state index contributed by atoms with van der Waals surface area (Å²) < 4.78 is 11.3. The average Bonchev–Trinajstić information content (AvgIpc) is 2.56. The minimum atomic E-state index is -0.306. The minimum Gasteiger partial charge on any atom is -0.489 e. The lowest BCUT2D eigenvalue weighted by atomic mass is 10.0. The van der Waals surface area contributed by atoms with Gasteiger partial charge in [-0.15, -0.1) is 0 Å². The van der Waals surface area contributed by atoms with Crippen LogP contribution in [0.5, 0.6) is 5.75 Å². The molecule has 0 N–H and O–H groups in total. The Labute approximate surface area is 150 Å². The quantitative estimate of drug-likeness (QED) is 0.477. The lowest BCUT2D eigenvalue weighted by Crippen LogP contribution is -2.03. The minimum absolute atomic E-state index is 0.306. The molecule has 0 amide bonds. The molecule has 0 saturated carbocycles. The van der Waals surface area contributed by atoms with Crippen LogP contribution in [-0.4, -0.2) is 6.61 Å². The molecule has 25 heavy (non-hydrogen) atoms. The Morgan fingerprint density at radius 3 is 2.64 bits per heavy atom. The predicted octanol–water partition coefficient (Wildman–Crippen LogP) is 5.74. The zero-order valence-corrected chi connectivity index (χ0v) is 15.9. The summed E-state index contributed by atoms with van der Waals surface area (Å²) in [5, 5.41) is 0.986. The van der Waals surface area contributed by atoms with Gasteiger partial charge in [0.15, 0.2) is 0 Å². The first kappa shape index (κ1) is 19.0. The van der Waals surface area contributed by atoms with E-state index < -0.39 is 0 Å². The molecule has 0 aliphatic rings. The van der Waals surface area contributed by atoms with Crippen LogP contribution in [0.15, 0.2) is 50.7 Å². The smallest absolute Gasteiger partial charge is 0.336 e. The van der Waals surface area contributed by atoms with E-state index in [0.717, 1.165) is 41.5 Å². The number of benzene rings is 1. The molecule has 0 unspecified atom stereocenters. The number of rotatable bonds is 7. The van der Waals surface area contributed by atoms with Crippen LogP contribution in [0.4, 0.5) is 0 Å². The number of fused-ring (bicyclic) bond motifs is 1. The number of ether oxygens (including phenoxy) is 1. The fourth-order valence-electron chi connectivity index (χ4n) is 2.82. The highest BCUT2D eigenvalue weighted by Gasteiger charge is 2.10. The van der Waals surface area contributed by atoms with Crippen LogP contribution in [0.3, 0.4) is 0 Å². The highest BCUT2D eigenvalue weighted by molar-refractivity contribution is 5.84. The molecule has 0 saturated heterocycles. The first-order valence-electron chi connectivity index (χ1n) is 8.90. The van der Waals surface area contributed by atoms with Crippen molar-refractivity contribution in [2.75, 3.05) is 6.61 Å². The molecular weight excluding hydrogens is 312 g/mol. The maximum absolute atomic E-state index is 11.8. The molecule has 3 heteroatoms. The molecule has 3 nitrogen and oxygen atoms in total. The third kappa shape index (κ3) is 5.09. The van der Waals surface area contributed by atoms with Gasteiger partial charge < -0.3 is 9.15 Å². The van der Waals surface area contributed by atoms with Gasteiger partial charge >= 0.3 is 5.63 Å². The molecule has 0 bridgehead atoms. The molecule has 1 aromatic heterocycles. The van der Waals surface area contributed by atoms with Gasteiger partial charge in [-0.1, -0.05) is 24.1 Å². The lowest BCUT2D eigenvalue weighted by Gasteiger charge is -2.11. The maximum Gasteiger partial charge on any atom is 0.336 e. The molecule has 1 heterocycles. The Morgan fingerprint density at radius 2 is 1.96 bits per heavy atom. The predicted molar refractivity (Wildman–Crippen MR) is 105 cm³/mol. The topological polar surface area (TPSA) is 39.4 Å². The third-order valence-electron chi connectivity index (χ3n) is 4.34. The van der Waals surface area contributed by atoms with Crippen molar-refractivity contribution in [1.82, 2.24) is 0 Å². The Balaban J connectivity index is 2.13. The number of aryl methyl sites for hydroxylation is 2. The van der Waals surface area contributed by atoms with Gasteiger partial charge in [-0.3, -0.25) is 0 Å². The summed E-state index contributed by atoms with van der Waals surface area (Å²) in [6.45, 7) is 10.9. The van der Waals surface area contributed by atoms with Crippen molar-refractivity contribution in [1.29, 1.82) is 0 Å². The van der Waals surface area contributed by atoms with Crippen LogP contribution >= 0.6 is 0 Å². The summed E-state index contributed by atoms with van der Waals surface area (Å²) in [6, 6.07) is 5.51. The summed E-state index contributed by atoms with van der Waals surface area (Å²) in [5.74, 6) is 0.761.